The number of urea groups is 1. The maximum absolute atomic E-state index is 11.4. The monoisotopic (exact) mass is 273 g/mol. The fourth-order valence-corrected chi connectivity index (χ4v) is 1.78. The summed E-state index contributed by atoms with van der Waals surface area (Å²) in [4.78, 5) is 34.5. The fraction of sp³-hybridized carbons (Fsp3) is 0.667. The lowest BCUT2D eigenvalue weighted by atomic mass is 9.96. The maximum atomic E-state index is 11.4. The number of nitrogens with two attached hydrogens (primary N) is 1. The van der Waals surface area contributed by atoms with Crippen LogP contribution in [0, 0.1) is 12.8 Å². The molecular formula is C12H21N2O5. The highest BCUT2D eigenvalue weighted by molar-refractivity contribution is 5.96. The number of hydrogen-bond donors (Lipinski definition) is 2. The Balaban J connectivity index is 5.11. The molecule has 7 nitrogen and oxygen atoms in total. The Kier molecular flexibility index (Phi) is 7.06. The molecule has 0 aliphatic rings. The van der Waals surface area contributed by atoms with Gasteiger partial charge in [-0.05, 0) is 12.3 Å². The highest BCUT2D eigenvalue weighted by Crippen LogP contribution is 2.18. The van der Waals surface area contributed by atoms with E-state index in [9.17, 15) is 19.5 Å². The van der Waals surface area contributed by atoms with Crippen LogP contribution in [0.3, 0.4) is 0 Å². The van der Waals surface area contributed by atoms with Crippen LogP contribution in [0.5, 0.6) is 0 Å². The van der Waals surface area contributed by atoms with Crippen LogP contribution in [0.2, 0.25) is 0 Å². The van der Waals surface area contributed by atoms with Crippen LogP contribution in [0.25, 0.3) is 0 Å². The molecule has 0 heterocycles. The Labute approximate surface area is 112 Å². The van der Waals surface area contributed by atoms with Gasteiger partial charge in [0.25, 0.3) is 0 Å². The first-order valence-corrected chi connectivity index (χ1v) is 5.90. The SMILES string of the molecule is [CH2]C(=O)N(C(N)=O)C(CC(C)C)C(O)CC(=O)OC. The van der Waals surface area contributed by atoms with Crippen molar-refractivity contribution in [1.29, 1.82) is 0 Å². The molecule has 0 spiro atoms. The highest BCUT2D eigenvalue weighted by Gasteiger charge is 2.33. The predicted molar refractivity (Wildman–Crippen MR) is 67.7 cm³/mol. The first-order valence-electron chi connectivity index (χ1n) is 5.90. The number of esters is 1. The number of primary amides is 1. The molecule has 3 amide bonds. The van der Waals surface area contributed by atoms with Crippen LogP contribution in [0.1, 0.15) is 26.7 Å². The minimum atomic E-state index is -1.24. The molecule has 2 atom stereocenters. The Morgan fingerprint density at radius 3 is 2.21 bits per heavy atom. The Bertz CT molecular complexity index is 329. The third-order valence-electron chi connectivity index (χ3n) is 2.60. The number of aliphatic hydroxyl groups is 1. The lowest BCUT2D eigenvalue weighted by molar-refractivity contribution is -0.145. The van der Waals surface area contributed by atoms with Crippen LogP contribution in [0.4, 0.5) is 4.79 Å². The van der Waals surface area contributed by atoms with Gasteiger partial charge in [-0.25, -0.2) is 4.79 Å². The molecule has 0 aliphatic heterocycles. The predicted octanol–water partition coefficient (Wildman–Crippen LogP) is 0.0665. The highest BCUT2D eigenvalue weighted by atomic mass is 16.5. The largest absolute Gasteiger partial charge is 0.469 e. The number of amides is 3. The van der Waals surface area contributed by atoms with Crippen LogP contribution in [-0.4, -0.2) is 47.2 Å². The first kappa shape index (κ1) is 17.4. The summed E-state index contributed by atoms with van der Waals surface area (Å²) in [6.07, 6.45) is -1.26. The molecule has 1 radical (unpaired) electrons. The Hall–Kier alpha value is -1.63. The number of rotatable bonds is 6. The molecule has 0 saturated carbocycles. The number of ether oxygens (including phenoxy) is 1. The molecule has 0 aromatic rings. The molecule has 3 N–H and O–H groups in total. The normalized spacial score (nSPS) is 13.8. The van der Waals surface area contributed by atoms with Crippen molar-refractivity contribution >= 4 is 17.9 Å². The van der Waals surface area contributed by atoms with Crippen molar-refractivity contribution in [2.24, 2.45) is 11.7 Å². The van der Waals surface area contributed by atoms with Gasteiger partial charge in [-0.15, -0.1) is 0 Å². The second kappa shape index (κ2) is 7.73. The van der Waals surface area contributed by atoms with Gasteiger partial charge in [0, 0.05) is 6.92 Å². The molecule has 0 aromatic carbocycles. The zero-order valence-electron chi connectivity index (χ0n) is 11.5. The van der Waals surface area contributed by atoms with Crippen molar-refractivity contribution in [2.75, 3.05) is 7.11 Å². The molecule has 7 heteroatoms. The van der Waals surface area contributed by atoms with E-state index in [1.54, 1.807) is 0 Å². The van der Waals surface area contributed by atoms with E-state index in [4.69, 9.17) is 5.73 Å². The quantitative estimate of drug-likeness (QED) is 0.665. The van der Waals surface area contributed by atoms with Gasteiger partial charge in [-0.3, -0.25) is 14.5 Å². The summed E-state index contributed by atoms with van der Waals surface area (Å²) < 4.78 is 4.44. The van der Waals surface area contributed by atoms with Crippen molar-refractivity contribution in [3.05, 3.63) is 6.92 Å². The number of nitrogens with zero attached hydrogens (tertiary/aromatic N) is 1. The fourth-order valence-electron chi connectivity index (χ4n) is 1.78. The molecule has 0 aliphatic carbocycles. The van der Waals surface area contributed by atoms with E-state index in [-0.39, 0.29) is 12.3 Å². The van der Waals surface area contributed by atoms with Gasteiger partial charge in [0.15, 0.2) is 0 Å². The van der Waals surface area contributed by atoms with E-state index in [0.29, 0.717) is 11.3 Å². The van der Waals surface area contributed by atoms with Gasteiger partial charge < -0.3 is 15.6 Å². The molecule has 0 aromatic heterocycles. The van der Waals surface area contributed by atoms with Gasteiger partial charge in [0.2, 0.25) is 5.91 Å². The smallest absolute Gasteiger partial charge is 0.321 e. The molecular weight excluding hydrogens is 252 g/mol. The third-order valence-corrected chi connectivity index (χ3v) is 2.60. The first-order chi connectivity index (χ1) is 8.70. The van der Waals surface area contributed by atoms with Crippen molar-refractivity contribution in [1.82, 2.24) is 4.90 Å². The van der Waals surface area contributed by atoms with E-state index in [2.05, 4.69) is 11.7 Å². The second-order valence-corrected chi connectivity index (χ2v) is 4.65. The van der Waals surface area contributed by atoms with Gasteiger partial charge in [-0.2, -0.15) is 0 Å². The van der Waals surface area contributed by atoms with Crippen LogP contribution < -0.4 is 5.73 Å². The second-order valence-electron chi connectivity index (χ2n) is 4.65. The van der Waals surface area contributed by atoms with Gasteiger partial charge in [0.1, 0.15) is 0 Å². The van der Waals surface area contributed by atoms with Crippen LogP contribution in [0.15, 0.2) is 0 Å². The standard InChI is InChI=1S/C12H21N2O5/c1-7(2)5-9(10(16)6-11(17)19-4)14(8(3)15)12(13)18/h7,9-10,16H,3,5-6H2,1-2,4H3,(H2,13,18). The average Bonchev–Trinajstić information content (AvgIpc) is 2.26. The number of methoxy groups -OCH3 is 1. The zero-order valence-corrected chi connectivity index (χ0v) is 11.5. The minimum absolute atomic E-state index is 0.0819. The summed E-state index contributed by atoms with van der Waals surface area (Å²) in [5, 5.41) is 10.00. The number of aliphatic hydroxyl groups excluding tert-OH is 1. The topological polar surface area (TPSA) is 110 Å². The van der Waals surface area contributed by atoms with Gasteiger partial charge in [-0.1, -0.05) is 13.8 Å². The molecule has 0 saturated heterocycles. The molecule has 0 bridgehead atoms. The number of carbonyl (C=O) groups is 3. The van der Waals surface area contributed by atoms with E-state index in [1.165, 1.54) is 7.11 Å². The number of carbonyl (C=O) groups excluding carboxylic acids is 3. The van der Waals surface area contributed by atoms with Crippen LogP contribution >= 0.6 is 0 Å². The molecule has 0 fully saturated rings. The summed E-state index contributed by atoms with van der Waals surface area (Å²) in [5.74, 6) is -1.37. The van der Waals surface area contributed by atoms with Crippen molar-refractivity contribution in [3.63, 3.8) is 0 Å². The molecule has 109 valence electrons. The zero-order chi connectivity index (χ0) is 15.2. The van der Waals surface area contributed by atoms with E-state index in [1.807, 2.05) is 13.8 Å². The van der Waals surface area contributed by atoms with E-state index < -0.39 is 30.1 Å². The minimum Gasteiger partial charge on any atom is -0.469 e. The Morgan fingerprint density at radius 1 is 1.37 bits per heavy atom. The van der Waals surface area contributed by atoms with Gasteiger partial charge in [0.05, 0.1) is 25.7 Å². The third kappa shape index (κ3) is 5.69. The number of hydrogen-bond acceptors (Lipinski definition) is 5. The molecule has 19 heavy (non-hydrogen) atoms. The lowest BCUT2D eigenvalue weighted by Gasteiger charge is -2.32. The van der Waals surface area contributed by atoms with Gasteiger partial charge >= 0.3 is 12.0 Å². The summed E-state index contributed by atoms with van der Waals surface area (Å²) in [6.45, 7) is 6.83. The number of imide groups is 1. The molecule has 2 unspecified atom stereocenters. The molecule has 0 rings (SSSR count). The van der Waals surface area contributed by atoms with Crippen molar-refractivity contribution < 1.29 is 24.2 Å². The summed E-state index contributed by atoms with van der Waals surface area (Å²) in [6, 6.07) is -1.91. The van der Waals surface area contributed by atoms with Crippen molar-refractivity contribution in [3.8, 4) is 0 Å². The average molecular weight is 273 g/mol. The van der Waals surface area contributed by atoms with Crippen LogP contribution in [-0.2, 0) is 14.3 Å². The lowest BCUT2D eigenvalue weighted by Crippen LogP contribution is -2.52. The Morgan fingerprint density at radius 2 is 1.89 bits per heavy atom. The van der Waals surface area contributed by atoms with E-state index in [0.717, 1.165) is 0 Å². The summed E-state index contributed by atoms with van der Waals surface area (Å²) in [7, 11) is 1.19. The maximum Gasteiger partial charge on any atom is 0.321 e. The summed E-state index contributed by atoms with van der Waals surface area (Å²) >= 11 is 0. The summed E-state index contributed by atoms with van der Waals surface area (Å²) in [5.41, 5.74) is 5.11. The van der Waals surface area contributed by atoms with Crippen molar-refractivity contribution in [2.45, 2.75) is 38.8 Å². The van der Waals surface area contributed by atoms with E-state index >= 15 is 0 Å².